The van der Waals surface area contributed by atoms with E-state index in [4.69, 9.17) is 9.26 Å². The molecule has 0 saturated carbocycles. The Morgan fingerprint density at radius 1 is 1.19 bits per heavy atom. The Balaban J connectivity index is 1.31. The van der Waals surface area contributed by atoms with Gasteiger partial charge in [0.25, 0.3) is 5.89 Å². The highest BCUT2D eigenvalue weighted by atomic mass is 32.2. The number of ether oxygens (including phenoxy) is 1. The SMILES string of the molecule is Cc1ccc(S(=O)(=O)N2CCC(C(=O)OCc3nc(-c4cccnc4)no3)CC2)cc1C. The Hall–Kier alpha value is -3.11. The zero-order chi connectivity index (χ0) is 22.7. The van der Waals surface area contributed by atoms with Crippen LogP contribution in [0.25, 0.3) is 11.4 Å². The number of aromatic nitrogens is 3. The summed E-state index contributed by atoms with van der Waals surface area (Å²) in [4.78, 5) is 21.0. The summed E-state index contributed by atoms with van der Waals surface area (Å²) in [6, 6.07) is 8.69. The maximum absolute atomic E-state index is 12.9. The molecule has 0 spiro atoms. The van der Waals surface area contributed by atoms with Crippen molar-refractivity contribution in [2.45, 2.75) is 38.2 Å². The van der Waals surface area contributed by atoms with Gasteiger partial charge >= 0.3 is 5.97 Å². The van der Waals surface area contributed by atoms with E-state index in [9.17, 15) is 13.2 Å². The molecule has 0 aliphatic carbocycles. The lowest BCUT2D eigenvalue weighted by molar-refractivity contribution is -0.152. The van der Waals surface area contributed by atoms with Crippen LogP contribution in [0.15, 0.2) is 52.1 Å². The van der Waals surface area contributed by atoms with Crippen molar-refractivity contribution in [3.05, 3.63) is 59.7 Å². The van der Waals surface area contributed by atoms with Crippen LogP contribution in [0, 0.1) is 19.8 Å². The number of carbonyl (C=O) groups excluding carboxylic acids is 1. The van der Waals surface area contributed by atoms with Crippen molar-refractivity contribution in [2.75, 3.05) is 13.1 Å². The Labute approximate surface area is 186 Å². The standard InChI is InChI=1S/C22H24N4O5S/c1-15-5-6-19(12-16(15)2)32(28,29)26-10-7-17(8-11-26)22(27)30-14-20-24-21(25-31-20)18-4-3-9-23-13-18/h3-6,9,12-13,17H,7-8,10-11,14H2,1-2H3. The highest BCUT2D eigenvalue weighted by Gasteiger charge is 2.33. The molecular weight excluding hydrogens is 432 g/mol. The Bertz CT molecular complexity index is 1200. The molecular formula is C22H24N4O5S. The smallest absolute Gasteiger partial charge is 0.309 e. The summed E-state index contributed by atoms with van der Waals surface area (Å²) in [5, 5.41) is 3.86. The summed E-state index contributed by atoms with van der Waals surface area (Å²) < 4.78 is 37.8. The largest absolute Gasteiger partial charge is 0.455 e. The van der Waals surface area contributed by atoms with Crippen molar-refractivity contribution in [3.8, 4) is 11.4 Å². The molecule has 10 heteroatoms. The molecule has 0 unspecified atom stereocenters. The van der Waals surface area contributed by atoms with Crippen molar-refractivity contribution in [1.29, 1.82) is 0 Å². The summed E-state index contributed by atoms with van der Waals surface area (Å²) in [6.45, 7) is 4.23. The van der Waals surface area contributed by atoms with Gasteiger partial charge < -0.3 is 9.26 Å². The lowest BCUT2D eigenvalue weighted by Crippen LogP contribution is -2.40. The number of sulfonamides is 1. The van der Waals surface area contributed by atoms with Gasteiger partial charge in [0.2, 0.25) is 15.8 Å². The maximum atomic E-state index is 12.9. The van der Waals surface area contributed by atoms with E-state index in [1.54, 1.807) is 36.7 Å². The van der Waals surface area contributed by atoms with Crippen LogP contribution in [0.3, 0.4) is 0 Å². The fourth-order valence-electron chi connectivity index (χ4n) is 3.53. The number of carbonyl (C=O) groups is 1. The van der Waals surface area contributed by atoms with Gasteiger partial charge in [-0.2, -0.15) is 9.29 Å². The van der Waals surface area contributed by atoms with Crippen LogP contribution >= 0.6 is 0 Å². The number of benzene rings is 1. The van der Waals surface area contributed by atoms with Crippen molar-refractivity contribution in [1.82, 2.24) is 19.4 Å². The van der Waals surface area contributed by atoms with E-state index in [1.165, 1.54) is 4.31 Å². The minimum Gasteiger partial charge on any atom is -0.455 e. The van der Waals surface area contributed by atoms with Gasteiger partial charge in [0.05, 0.1) is 10.8 Å². The molecule has 0 atom stereocenters. The molecule has 4 rings (SSSR count). The van der Waals surface area contributed by atoms with Gasteiger partial charge in [0.15, 0.2) is 6.61 Å². The molecule has 1 saturated heterocycles. The van der Waals surface area contributed by atoms with Gasteiger partial charge in [0.1, 0.15) is 0 Å². The number of hydrogen-bond acceptors (Lipinski definition) is 8. The number of pyridine rings is 1. The highest BCUT2D eigenvalue weighted by Crippen LogP contribution is 2.26. The van der Waals surface area contributed by atoms with E-state index in [2.05, 4.69) is 15.1 Å². The van der Waals surface area contributed by atoms with Crippen LogP contribution < -0.4 is 0 Å². The van der Waals surface area contributed by atoms with E-state index in [1.807, 2.05) is 19.9 Å². The zero-order valence-corrected chi connectivity index (χ0v) is 18.7. The third kappa shape index (κ3) is 4.71. The lowest BCUT2D eigenvalue weighted by atomic mass is 9.98. The quantitative estimate of drug-likeness (QED) is 0.520. The second kappa shape index (κ2) is 9.17. The van der Waals surface area contributed by atoms with Crippen molar-refractivity contribution >= 4 is 16.0 Å². The predicted octanol–water partition coefficient (Wildman–Crippen LogP) is 2.89. The molecule has 3 aromatic rings. The first-order chi connectivity index (χ1) is 15.3. The Morgan fingerprint density at radius 3 is 2.66 bits per heavy atom. The Kier molecular flexibility index (Phi) is 6.33. The lowest BCUT2D eigenvalue weighted by Gasteiger charge is -2.30. The van der Waals surface area contributed by atoms with Crippen LogP contribution in [0.2, 0.25) is 0 Å². The summed E-state index contributed by atoms with van der Waals surface area (Å²) >= 11 is 0. The van der Waals surface area contributed by atoms with Crippen LogP contribution in [0.1, 0.15) is 29.9 Å². The van der Waals surface area contributed by atoms with Gasteiger partial charge in [-0.3, -0.25) is 9.78 Å². The van der Waals surface area contributed by atoms with Gasteiger partial charge in [-0.25, -0.2) is 8.42 Å². The van der Waals surface area contributed by atoms with Crippen LogP contribution in [-0.2, 0) is 26.2 Å². The van der Waals surface area contributed by atoms with Gasteiger partial charge in [-0.1, -0.05) is 11.2 Å². The van der Waals surface area contributed by atoms with E-state index in [-0.39, 0.29) is 36.4 Å². The highest BCUT2D eigenvalue weighted by molar-refractivity contribution is 7.89. The number of esters is 1. The normalized spacial score (nSPS) is 15.6. The topological polar surface area (TPSA) is 115 Å². The minimum atomic E-state index is -3.59. The monoisotopic (exact) mass is 456 g/mol. The van der Waals surface area contributed by atoms with Crippen molar-refractivity contribution in [3.63, 3.8) is 0 Å². The number of rotatable bonds is 6. The van der Waals surface area contributed by atoms with E-state index < -0.39 is 16.0 Å². The van der Waals surface area contributed by atoms with E-state index >= 15 is 0 Å². The summed E-state index contributed by atoms with van der Waals surface area (Å²) in [7, 11) is -3.59. The fourth-order valence-corrected chi connectivity index (χ4v) is 5.09. The third-order valence-electron chi connectivity index (χ3n) is 5.63. The number of nitrogens with zero attached hydrogens (tertiary/aromatic N) is 4. The average Bonchev–Trinajstić information content (AvgIpc) is 3.29. The molecule has 32 heavy (non-hydrogen) atoms. The second-order valence-corrected chi connectivity index (χ2v) is 9.72. The predicted molar refractivity (Wildman–Crippen MR) is 115 cm³/mol. The van der Waals surface area contributed by atoms with Gasteiger partial charge in [-0.15, -0.1) is 0 Å². The van der Waals surface area contributed by atoms with Crippen molar-refractivity contribution in [2.24, 2.45) is 5.92 Å². The molecule has 9 nitrogen and oxygen atoms in total. The van der Waals surface area contributed by atoms with Gasteiger partial charge in [0, 0.05) is 31.0 Å². The average molecular weight is 457 g/mol. The number of hydrogen-bond donors (Lipinski definition) is 0. The first-order valence-corrected chi connectivity index (χ1v) is 11.8. The molecule has 2 aromatic heterocycles. The van der Waals surface area contributed by atoms with Crippen molar-refractivity contribution < 1.29 is 22.5 Å². The number of aryl methyl sites for hydroxylation is 2. The summed E-state index contributed by atoms with van der Waals surface area (Å²) in [5.41, 5.74) is 2.67. The van der Waals surface area contributed by atoms with Crippen LogP contribution in [0.4, 0.5) is 0 Å². The molecule has 0 bridgehead atoms. The molecule has 1 aromatic carbocycles. The van der Waals surface area contributed by atoms with Crippen LogP contribution in [0.5, 0.6) is 0 Å². The molecule has 0 N–H and O–H groups in total. The maximum Gasteiger partial charge on any atom is 0.309 e. The third-order valence-corrected chi connectivity index (χ3v) is 7.52. The van der Waals surface area contributed by atoms with E-state index in [0.717, 1.165) is 11.1 Å². The molecule has 1 fully saturated rings. The zero-order valence-electron chi connectivity index (χ0n) is 17.9. The first-order valence-electron chi connectivity index (χ1n) is 10.3. The minimum absolute atomic E-state index is 0.132. The summed E-state index contributed by atoms with van der Waals surface area (Å²) in [5.74, 6) is -0.211. The number of piperidine rings is 1. The second-order valence-electron chi connectivity index (χ2n) is 7.79. The Morgan fingerprint density at radius 2 is 1.97 bits per heavy atom. The molecule has 0 radical (unpaired) electrons. The molecule has 168 valence electrons. The molecule has 3 heterocycles. The summed E-state index contributed by atoms with van der Waals surface area (Å²) in [6.07, 6.45) is 4.05. The molecule has 1 aliphatic heterocycles. The van der Waals surface area contributed by atoms with Crippen LogP contribution in [-0.4, -0.2) is 46.9 Å². The molecule has 0 amide bonds. The molecule has 1 aliphatic rings. The first kappa shape index (κ1) is 22.1. The van der Waals surface area contributed by atoms with Gasteiger partial charge in [-0.05, 0) is 62.1 Å². The van der Waals surface area contributed by atoms with E-state index in [0.29, 0.717) is 24.2 Å². The fraction of sp³-hybridized carbons (Fsp3) is 0.364.